The largest absolute Gasteiger partial charge is 0.495 e. The minimum atomic E-state index is -0.388. The Hall–Kier alpha value is -1.13. The third kappa shape index (κ3) is 3.68. The van der Waals surface area contributed by atoms with E-state index in [1.165, 1.54) is 0 Å². The van der Waals surface area contributed by atoms with Crippen molar-refractivity contribution >= 4 is 17.3 Å². The van der Waals surface area contributed by atoms with Gasteiger partial charge in [0.15, 0.2) is 0 Å². The first-order chi connectivity index (χ1) is 8.12. The van der Waals surface area contributed by atoms with E-state index in [1.54, 1.807) is 26.4 Å². The van der Waals surface area contributed by atoms with E-state index in [0.717, 1.165) is 5.69 Å². The Morgan fingerprint density at radius 3 is 2.47 bits per heavy atom. The predicted molar refractivity (Wildman–Crippen MR) is 69.3 cm³/mol. The molecule has 5 heteroatoms. The topological polar surface area (TPSA) is 50.7 Å². The van der Waals surface area contributed by atoms with Crippen molar-refractivity contribution in [1.82, 2.24) is 0 Å². The van der Waals surface area contributed by atoms with Crippen LogP contribution in [0.25, 0.3) is 0 Å². The molecule has 0 aliphatic heterocycles. The molecule has 0 saturated carbocycles. The normalized spacial score (nSPS) is 12.1. The van der Waals surface area contributed by atoms with E-state index in [-0.39, 0.29) is 6.10 Å². The van der Waals surface area contributed by atoms with Crippen molar-refractivity contribution in [3.05, 3.63) is 17.2 Å². The van der Waals surface area contributed by atoms with Crippen LogP contribution in [0.3, 0.4) is 0 Å². The molecule has 1 aromatic carbocycles. The van der Waals surface area contributed by atoms with Crippen LogP contribution in [0.5, 0.6) is 11.5 Å². The molecule has 0 bridgehead atoms. The number of benzene rings is 1. The summed E-state index contributed by atoms with van der Waals surface area (Å²) in [6.07, 6.45) is 0.307. The fourth-order valence-electron chi connectivity index (χ4n) is 1.37. The average Bonchev–Trinajstić information content (AvgIpc) is 2.36. The van der Waals surface area contributed by atoms with Gasteiger partial charge < -0.3 is 19.9 Å². The second-order valence-electron chi connectivity index (χ2n) is 3.63. The number of aliphatic hydroxyl groups is 1. The molecule has 1 atom stereocenters. The summed E-state index contributed by atoms with van der Waals surface area (Å²) in [5, 5.41) is 13.1. The number of hydrogen-bond donors (Lipinski definition) is 2. The van der Waals surface area contributed by atoms with Gasteiger partial charge in [0.1, 0.15) is 11.5 Å². The summed E-state index contributed by atoms with van der Waals surface area (Å²) in [5.41, 5.74) is 0.751. The molecule has 17 heavy (non-hydrogen) atoms. The second kappa shape index (κ2) is 6.57. The van der Waals surface area contributed by atoms with Crippen LogP contribution in [0.4, 0.5) is 5.69 Å². The van der Waals surface area contributed by atoms with Gasteiger partial charge in [-0.05, 0) is 6.42 Å². The van der Waals surface area contributed by atoms with Crippen LogP contribution < -0.4 is 14.8 Å². The molecule has 0 saturated heterocycles. The van der Waals surface area contributed by atoms with E-state index in [4.69, 9.17) is 21.1 Å². The quantitative estimate of drug-likeness (QED) is 0.824. The fourth-order valence-corrected chi connectivity index (χ4v) is 1.60. The van der Waals surface area contributed by atoms with Crippen molar-refractivity contribution in [2.24, 2.45) is 0 Å². The van der Waals surface area contributed by atoms with E-state index < -0.39 is 0 Å². The zero-order chi connectivity index (χ0) is 12.8. The van der Waals surface area contributed by atoms with Gasteiger partial charge in [-0.3, -0.25) is 0 Å². The monoisotopic (exact) mass is 259 g/mol. The summed E-state index contributed by atoms with van der Waals surface area (Å²) in [6.45, 7) is 2.38. The maximum Gasteiger partial charge on any atom is 0.143 e. The molecule has 0 aliphatic carbocycles. The minimum Gasteiger partial charge on any atom is -0.495 e. The maximum absolute atomic E-state index is 9.50. The predicted octanol–water partition coefficient (Wildman–Crippen LogP) is 2.54. The van der Waals surface area contributed by atoms with Crippen molar-refractivity contribution < 1.29 is 14.6 Å². The Labute approximate surface area is 106 Å². The summed E-state index contributed by atoms with van der Waals surface area (Å²) in [4.78, 5) is 0. The first-order valence-electron chi connectivity index (χ1n) is 5.45. The molecule has 4 nitrogen and oxygen atoms in total. The van der Waals surface area contributed by atoms with Crippen LogP contribution in [0.2, 0.25) is 5.02 Å². The Kier molecular flexibility index (Phi) is 5.38. The van der Waals surface area contributed by atoms with Gasteiger partial charge >= 0.3 is 0 Å². The smallest absolute Gasteiger partial charge is 0.143 e. The molecule has 0 heterocycles. The summed E-state index contributed by atoms with van der Waals surface area (Å²) in [7, 11) is 3.12. The molecule has 1 rings (SSSR count). The van der Waals surface area contributed by atoms with Gasteiger partial charge in [0.25, 0.3) is 0 Å². The molecule has 0 radical (unpaired) electrons. The Morgan fingerprint density at radius 2 is 1.94 bits per heavy atom. The lowest BCUT2D eigenvalue weighted by Gasteiger charge is -2.15. The molecule has 96 valence electrons. The van der Waals surface area contributed by atoms with Crippen molar-refractivity contribution in [3.8, 4) is 11.5 Å². The zero-order valence-electron chi connectivity index (χ0n) is 10.3. The number of rotatable bonds is 6. The van der Waals surface area contributed by atoms with E-state index in [1.807, 2.05) is 6.92 Å². The van der Waals surface area contributed by atoms with E-state index in [0.29, 0.717) is 29.5 Å². The van der Waals surface area contributed by atoms with Crippen molar-refractivity contribution in [2.45, 2.75) is 19.4 Å². The minimum absolute atomic E-state index is 0.388. The van der Waals surface area contributed by atoms with Crippen LogP contribution in [0.1, 0.15) is 13.3 Å². The summed E-state index contributed by atoms with van der Waals surface area (Å²) < 4.78 is 10.3. The highest BCUT2D eigenvalue weighted by Gasteiger charge is 2.10. The van der Waals surface area contributed by atoms with Crippen LogP contribution >= 0.6 is 11.6 Å². The van der Waals surface area contributed by atoms with Gasteiger partial charge in [0.2, 0.25) is 0 Å². The zero-order valence-corrected chi connectivity index (χ0v) is 11.0. The summed E-state index contributed by atoms with van der Waals surface area (Å²) >= 11 is 5.99. The molecular formula is C12H18ClNO3. The second-order valence-corrected chi connectivity index (χ2v) is 4.04. The number of hydrogen-bond acceptors (Lipinski definition) is 4. The SMILES string of the molecule is CCC(O)CNc1cc(OC)c(Cl)cc1OC. The van der Waals surface area contributed by atoms with Crippen LogP contribution in [-0.2, 0) is 0 Å². The number of anilines is 1. The van der Waals surface area contributed by atoms with Gasteiger partial charge in [0, 0.05) is 18.7 Å². The Bertz CT molecular complexity index is 371. The lowest BCUT2D eigenvalue weighted by molar-refractivity contribution is 0.183. The van der Waals surface area contributed by atoms with Crippen LogP contribution in [-0.4, -0.2) is 32.0 Å². The summed E-state index contributed by atoms with van der Waals surface area (Å²) in [6, 6.07) is 3.44. The number of methoxy groups -OCH3 is 2. The van der Waals surface area contributed by atoms with E-state index in [9.17, 15) is 5.11 Å². The number of nitrogens with one attached hydrogen (secondary N) is 1. The van der Waals surface area contributed by atoms with Gasteiger partial charge in [-0.1, -0.05) is 18.5 Å². The van der Waals surface area contributed by atoms with Crippen LogP contribution in [0.15, 0.2) is 12.1 Å². The maximum atomic E-state index is 9.50. The van der Waals surface area contributed by atoms with Crippen LogP contribution in [0, 0.1) is 0 Å². The van der Waals surface area contributed by atoms with Gasteiger partial charge in [-0.15, -0.1) is 0 Å². The number of ether oxygens (including phenoxy) is 2. The number of halogens is 1. The average molecular weight is 260 g/mol. The van der Waals surface area contributed by atoms with Crippen molar-refractivity contribution in [3.63, 3.8) is 0 Å². The first kappa shape index (κ1) is 13.9. The molecule has 1 unspecified atom stereocenters. The molecule has 0 aromatic heterocycles. The molecule has 0 amide bonds. The Morgan fingerprint density at radius 1 is 1.29 bits per heavy atom. The lowest BCUT2D eigenvalue weighted by atomic mass is 10.2. The molecule has 2 N–H and O–H groups in total. The lowest BCUT2D eigenvalue weighted by Crippen LogP contribution is -2.18. The molecule has 0 fully saturated rings. The van der Waals surface area contributed by atoms with E-state index >= 15 is 0 Å². The third-order valence-electron chi connectivity index (χ3n) is 2.47. The molecule has 0 spiro atoms. The molecule has 1 aromatic rings. The molecule has 0 aliphatic rings. The first-order valence-corrected chi connectivity index (χ1v) is 5.83. The third-order valence-corrected chi connectivity index (χ3v) is 2.77. The summed E-state index contributed by atoms with van der Waals surface area (Å²) in [5.74, 6) is 1.19. The molecular weight excluding hydrogens is 242 g/mol. The highest BCUT2D eigenvalue weighted by molar-refractivity contribution is 6.32. The van der Waals surface area contributed by atoms with Gasteiger partial charge in [-0.2, -0.15) is 0 Å². The van der Waals surface area contributed by atoms with Gasteiger partial charge in [-0.25, -0.2) is 0 Å². The van der Waals surface area contributed by atoms with Crippen molar-refractivity contribution in [1.29, 1.82) is 0 Å². The number of aliphatic hydroxyl groups excluding tert-OH is 1. The van der Waals surface area contributed by atoms with Gasteiger partial charge in [0.05, 0.1) is 31.0 Å². The van der Waals surface area contributed by atoms with Crippen molar-refractivity contribution in [2.75, 3.05) is 26.1 Å². The van der Waals surface area contributed by atoms with E-state index in [2.05, 4.69) is 5.32 Å². The standard InChI is InChI=1S/C12H18ClNO3/c1-4-8(15)7-14-10-6-11(16-2)9(13)5-12(10)17-3/h5-6,8,14-15H,4,7H2,1-3H3. The fraction of sp³-hybridized carbons (Fsp3) is 0.500. The highest BCUT2D eigenvalue weighted by atomic mass is 35.5. The highest BCUT2D eigenvalue weighted by Crippen LogP contribution is 2.35. The Balaban J connectivity index is 2.88.